The standard InChI is InChI=1S/C11H7N3O2/c15-11(16)8-3-6-1-2-7-4-12-5-13-9(7)10(6)14-8/h1-2,4-5H,3H2,(H,15,16). The molecule has 0 spiro atoms. The van der Waals surface area contributed by atoms with Crippen molar-refractivity contribution >= 4 is 28.3 Å². The average molecular weight is 213 g/mol. The minimum absolute atomic E-state index is 0.168. The molecule has 5 nitrogen and oxygen atoms in total. The van der Waals surface area contributed by atoms with E-state index in [1.807, 2.05) is 12.1 Å². The van der Waals surface area contributed by atoms with Crippen molar-refractivity contribution in [2.24, 2.45) is 4.99 Å². The van der Waals surface area contributed by atoms with Crippen LogP contribution in [0.15, 0.2) is 29.6 Å². The van der Waals surface area contributed by atoms with E-state index in [9.17, 15) is 4.79 Å². The van der Waals surface area contributed by atoms with Crippen molar-refractivity contribution in [2.75, 3.05) is 0 Å². The first kappa shape index (κ1) is 8.96. The molecular formula is C11H7N3O2. The summed E-state index contributed by atoms with van der Waals surface area (Å²) < 4.78 is 0. The first-order valence-corrected chi connectivity index (χ1v) is 4.78. The largest absolute Gasteiger partial charge is 0.477 e. The van der Waals surface area contributed by atoms with Gasteiger partial charge in [0, 0.05) is 18.0 Å². The Hall–Kier alpha value is -2.30. The average Bonchev–Trinajstić information content (AvgIpc) is 2.73. The molecule has 1 aromatic carbocycles. The maximum absolute atomic E-state index is 10.8. The number of carboxylic acid groups (broad SMARTS) is 1. The van der Waals surface area contributed by atoms with Crippen LogP contribution in [0.4, 0.5) is 5.69 Å². The zero-order valence-electron chi connectivity index (χ0n) is 8.21. The van der Waals surface area contributed by atoms with Gasteiger partial charge >= 0.3 is 5.97 Å². The second-order valence-electron chi connectivity index (χ2n) is 3.57. The van der Waals surface area contributed by atoms with Crippen LogP contribution in [0, 0.1) is 0 Å². The van der Waals surface area contributed by atoms with Crippen molar-refractivity contribution < 1.29 is 9.90 Å². The molecule has 0 aliphatic carbocycles. The number of carbonyl (C=O) groups is 1. The van der Waals surface area contributed by atoms with E-state index in [1.165, 1.54) is 6.33 Å². The molecule has 1 N–H and O–H groups in total. The molecule has 5 heteroatoms. The zero-order valence-corrected chi connectivity index (χ0v) is 8.21. The Balaban J connectivity index is 2.29. The van der Waals surface area contributed by atoms with Crippen LogP contribution in [0.25, 0.3) is 10.9 Å². The number of aliphatic imine (C=N–C) groups is 1. The molecule has 1 aliphatic rings. The lowest BCUT2D eigenvalue weighted by Gasteiger charge is -2.00. The fourth-order valence-corrected chi connectivity index (χ4v) is 1.83. The summed E-state index contributed by atoms with van der Waals surface area (Å²) in [4.78, 5) is 23.0. The molecule has 0 saturated heterocycles. The fourth-order valence-electron chi connectivity index (χ4n) is 1.83. The molecule has 0 bridgehead atoms. The van der Waals surface area contributed by atoms with Crippen LogP contribution in [-0.4, -0.2) is 26.8 Å². The van der Waals surface area contributed by atoms with E-state index in [1.54, 1.807) is 6.20 Å². The van der Waals surface area contributed by atoms with Crippen LogP contribution in [-0.2, 0) is 11.2 Å². The Bertz CT molecular complexity index is 634. The summed E-state index contributed by atoms with van der Waals surface area (Å²) in [6.07, 6.45) is 3.50. The highest BCUT2D eigenvalue weighted by Gasteiger charge is 2.21. The fraction of sp³-hybridized carbons (Fsp3) is 0.0909. The maximum atomic E-state index is 10.8. The zero-order chi connectivity index (χ0) is 11.1. The van der Waals surface area contributed by atoms with Crippen molar-refractivity contribution in [1.82, 2.24) is 9.97 Å². The number of aliphatic carboxylic acids is 1. The van der Waals surface area contributed by atoms with Crippen LogP contribution in [0.2, 0.25) is 0 Å². The topological polar surface area (TPSA) is 75.4 Å². The van der Waals surface area contributed by atoms with Crippen LogP contribution in [0.1, 0.15) is 5.56 Å². The molecule has 0 atom stereocenters. The molecule has 16 heavy (non-hydrogen) atoms. The smallest absolute Gasteiger partial charge is 0.350 e. The second kappa shape index (κ2) is 3.10. The van der Waals surface area contributed by atoms with Gasteiger partial charge in [0.05, 0.1) is 11.2 Å². The lowest BCUT2D eigenvalue weighted by molar-refractivity contribution is -0.129. The Morgan fingerprint density at radius 1 is 1.38 bits per heavy atom. The number of hydrogen-bond acceptors (Lipinski definition) is 4. The summed E-state index contributed by atoms with van der Waals surface area (Å²) in [6, 6.07) is 3.76. The molecule has 1 aromatic heterocycles. The van der Waals surface area contributed by atoms with Crippen molar-refractivity contribution in [3.63, 3.8) is 0 Å². The van der Waals surface area contributed by atoms with Crippen LogP contribution >= 0.6 is 0 Å². The molecule has 1 aliphatic heterocycles. The lowest BCUT2D eigenvalue weighted by atomic mass is 10.1. The molecule has 0 amide bonds. The first-order valence-electron chi connectivity index (χ1n) is 4.78. The minimum atomic E-state index is -0.974. The van der Waals surface area contributed by atoms with E-state index in [-0.39, 0.29) is 5.71 Å². The van der Waals surface area contributed by atoms with E-state index < -0.39 is 5.97 Å². The minimum Gasteiger partial charge on any atom is -0.477 e. The predicted molar refractivity (Wildman–Crippen MR) is 58.0 cm³/mol. The summed E-state index contributed by atoms with van der Waals surface area (Å²) in [5, 5.41) is 9.77. The Kier molecular flexibility index (Phi) is 1.73. The van der Waals surface area contributed by atoms with Gasteiger partial charge in [0.25, 0.3) is 0 Å². The second-order valence-corrected chi connectivity index (χ2v) is 3.57. The summed E-state index contributed by atoms with van der Waals surface area (Å²) in [6.45, 7) is 0. The highest BCUT2D eigenvalue weighted by Crippen LogP contribution is 2.33. The lowest BCUT2D eigenvalue weighted by Crippen LogP contribution is -2.11. The van der Waals surface area contributed by atoms with Gasteiger partial charge in [-0.2, -0.15) is 0 Å². The number of fused-ring (bicyclic) bond motifs is 3. The number of rotatable bonds is 1. The van der Waals surface area contributed by atoms with Gasteiger partial charge in [-0.1, -0.05) is 12.1 Å². The van der Waals surface area contributed by atoms with E-state index in [2.05, 4.69) is 15.0 Å². The van der Waals surface area contributed by atoms with Crippen LogP contribution in [0.5, 0.6) is 0 Å². The maximum Gasteiger partial charge on any atom is 0.350 e. The predicted octanol–water partition coefficient (Wildman–Crippen LogP) is 1.34. The van der Waals surface area contributed by atoms with Gasteiger partial charge in [-0.15, -0.1) is 0 Å². The molecule has 3 rings (SSSR count). The van der Waals surface area contributed by atoms with Gasteiger partial charge < -0.3 is 5.11 Å². The molecule has 2 aromatic rings. The SMILES string of the molecule is O=C(O)C1=Nc2c(ccc3cncnc23)C1. The molecule has 0 fully saturated rings. The van der Waals surface area contributed by atoms with E-state index >= 15 is 0 Å². The monoisotopic (exact) mass is 213 g/mol. The number of benzene rings is 1. The number of carboxylic acids is 1. The van der Waals surface area contributed by atoms with Crippen LogP contribution in [0.3, 0.4) is 0 Å². The Labute approximate surface area is 90.5 Å². The van der Waals surface area contributed by atoms with Crippen molar-refractivity contribution in [3.8, 4) is 0 Å². The van der Waals surface area contributed by atoms with Gasteiger partial charge in [0.2, 0.25) is 0 Å². The molecule has 2 heterocycles. The molecule has 0 radical (unpaired) electrons. The van der Waals surface area contributed by atoms with Crippen molar-refractivity contribution in [2.45, 2.75) is 6.42 Å². The third kappa shape index (κ3) is 1.18. The Morgan fingerprint density at radius 3 is 3.06 bits per heavy atom. The molecule has 0 unspecified atom stereocenters. The van der Waals surface area contributed by atoms with E-state index in [4.69, 9.17) is 5.11 Å². The first-order chi connectivity index (χ1) is 7.75. The van der Waals surface area contributed by atoms with Crippen LogP contribution < -0.4 is 0 Å². The highest BCUT2D eigenvalue weighted by molar-refractivity contribution is 6.38. The van der Waals surface area contributed by atoms with Gasteiger partial charge in [-0.3, -0.25) is 0 Å². The summed E-state index contributed by atoms with van der Waals surface area (Å²) in [5.74, 6) is -0.974. The summed E-state index contributed by atoms with van der Waals surface area (Å²) in [5.41, 5.74) is 2.45. The van der Waals surface area contributed by atoms with Gasteiger partial charge in [0.1, 0.15) is 12.0 Å². The number of nitrogens with zero attached hydrogens (tertiary/aromatic N) is 3. The third-order valence-corrected chi connectivity index (χ3v) is 2.58. The van der Waals surface area contributed by atoms with Crippen molar-refractivity contribution in [3.05, 3.63) is 30.2 Å². The van der Waals surface area contributed by atoms with E-state index in [0.717, 1.165) is 10.9 Å². The van der Waals surface area contributed by atoms with Crippen molar-refractivity contribution in [1.29, 1.82) is 0 Å². The van der Waals surface area contributed by atoms with Gasteiger partial charge in [-0.25, -0.2) is 19.8 Å². The Morgan fingerprint density at radius 2 is 2.25 bits per heavy atom. The van der Waals surface area contributed by atoms with Gasteiger partial charge in [0.15, 0.2) is 0 Å². The molecule has 0 saturated carbocycles. The normalized spacial score (nSPS) is 13.6. The van der Waals surface area contributed by atoms with E-state index in [0.29, 0.717) is 17.6 Å². The third-order valence-electron chi connectivity index (χ3n) is 2.58. The summed E-state index contributed by atoms with van der Waals surface area (Å²) in [7, 11) is 0. The number of hydrogen-bond donors (Lipinski definition) is 1. The molecular weight excluding hydrogens is 206 g/mol. The van der Waals surface area contributed by atoms with Gasteiger partial charge in [-0.05, 0) is 5.56 Å². The highest BCUT2D eigenvalue weighted by atomic mass is 16.4. The number of aromatic nitrogens is 2. The quantitative estimate of drug-likeness (QED) is 0.775. The summed E-state index contributed by atoms with van der Waals surface area (Å²) >= 11 is 0. The molecule has 78 valence electrons.